The lowest BCUT2D eigenvalue weighted by molar-refractivity contribution is 0.487. The summed E-state index contributed by atoms with van der Waals surface area (Å²) >= 11 is 0. The van der Waals surface area contributed by atoms with Crippen LogP contribution in [0, 0.1) is 0 Å². The molecule has 0 fully saturated rings. The Morgan fingerprint density at radius 3 is 2.00 bits per heavy atom. The van der Waals surface area contributed by atoms with Gasteiger partial charge in [0.1, 0.15) is 22.7 Å². The zero-order chi connectivity index (χ0) is 30.2. The summed E-state index contributed by atoms with van der Waals surface area (Å²) in [7, 11) is 0. The van der Waals surface area contributed by atoms with Gasteiger partial charge in [0.25, 0.3) is 0 Å². The molecule has 0 spiro atoms. The van der Waals surface area contributed by atoms with Crippen LogP contribution in [0.1, 0.15) is 0 Å². The summed E-state index contributed by atoms with van der Waals surface area (Å²) in [4.78, 5) is 0. The normalized spacial score (nSPS) is 12.1. The first kappa shape index (κ1) is 25.2. The Morgan fingerprint density at radius 2 is 1.07 bits per heavy atom. The third kappa shape index (κ3) is 3.71. The molecule has 0 saturated heterocycles. The lowest BCUT2D eigenvalue weighted by Crippen LogP contribution is -1.97. The van der Waals surface area contributed by atoms with Gasteiger partial charge in [0.15, 0.2) is 0 Å². The van der Waals surface area contributed by atoms with Crippen LogP contribution in [0.4, 0.5) is 0 Å². The maximum absolute atomic E-state index is 6.58. The van der Waals surface area contributed by atoms with Crippen molar-refractivity contribution < 1.29 is 9.15 Å². The van der Waals surface area contributed by atoms with Gasteiger partial charge in [-0.25, -0.2) is 0 Å². The lowest BCUT2D eigenvalue weighted by Gasteiger charge is -2.22. The van der Waals surface area contributed by atoms with E-state index < -0.39 is 0 Å². The van der Waals surface area contributed by atoms with E-state index >= 15 is 0 Å². The van der Waals surface area contributed by atoms with E-state index in [1.165, 1.54) is 33.0 Å². The van der Waals surface area contributed by atoms with Crippen molar-refractivity contribution in [1.82, 2.24) is 0 Å². The van der Waals surface area contributed by atoms with Crippen molar-refractivity contribution in [2.24, 2.45) is 0 Å². The minimum absolute atomic E-state index is 0.896. The molecule has 0 bridgehead atoms. The van der Waals surface area contributed by atoms with Crippen molar-refractivity contribution in [3.63, 3.8) is 0 Å². The monoisotopic (exact) mass is 586 g/mol. The molecular weight excluding hydrogens is 560 g/mol. The number of hydrogen-bond acceptors (Lipinski definition) is 2. The number of benzene rings is 8. The largest absolute Gasteiger partial charge is 0.456 e. The summed E-state index contributed by atoms with van der Waals surface area (Å²) < 4.78 is 13.0. The lowest BCUT2D eigenvalue weighted by atomic mass is 9.87. The van der Waals surface area contributed by atoms with Crippen molar-refractivity contribution >= 4 is 43.5 Å². The van der Waals surface area contributed by atoms with Gasteiger partial charge in [0.05, 0.1) is 0 Å². The molecule has 0 aliphatic carbocycles. The summed E-state index contributed by atoms with van der Waals surface area (Å²) in [5.74, 6) is 1.80. The topological polar surface area (TPSA) is 22.4 Å². The second-order valence-electron chi connectivity index (χ2n) is 12.0. The molecule has 0 amide bonds. The van der Waals surface area contributed by atoms with E-state index in [2.05, 4.69) is 146 Å². The molecule has 9 aromatic rings. The van der Waals surface area contributed by atoms with E-state index in [1.54, 1.807) is 0 Å². The summed E-state index contributed by atoms with van der Waals surface area (Å²) in [6.07, 6.45) is 0. The molecule has 2 heterocycles. The highest BCUT2D eigenvalue weighted by Crippen LogP contribution is 2.49. The predicted octanol–water partition coefficient (Wildman–Crippen LogP) is 12.7. The van der Waals surface area contributed by atoms with Crippen molar-refractivity contribution in [2.75, 3.05) is 0 Å². The molecule has 0 atom stereocenters. The minimum Gasteiger partial charge on any atom is -0.456 e. The van der Waals surface area contributed by atoms with Gasteiger partial charge in [0.2, 0.25) is 0 Å². The van der Waals surface area contributed by atoms with Crippen molar-refractivity contribution in [3.05, 3.63) is 158 Å². The molecule has 8 aromatic carbocycles. The highest BCUT2D eigenvalue weighted by molar-refractivity contribution is 6.19. The van der Waals surface area contributed by atoms with Gasteiger partial charge >= 0.3 is 0 Å². The number of ether oxygens (including phenoxy) is 1. The van der Waals surface area contributed by atoms with Crippen LogP contribution in [0.3, 0.4) is 0 Å². The van der Waals surface area contributed by atoms with E-state index in [1.807, 2.05) is 12.1 Å². The number of hydrogen-bond donors (Lipinski definition) is 0. The number of furan rings is 1. The Balaban J connectivity index is 1.25. The summed E-state index contributed by atoms with van der Waals surface area (Å²) in [6, 6.07) is 56.1. The zero-order valence-corrected chi connectivity index (χ0v) is 24.8. The molecule has 2 heteroatoms. The van der Waals surface area contributed by atoms with Crippen molar-refractivity contribution in [1.29, 1.82) is 0 Å². The van der Waals surface area contributed by atoms with E-state index in [4.69, 9.17) is 9.15 Å². The average molecular weight is 587 g/mol. The molecule has 46 heavy (non-hydrogen) atoms. The third-order valence-corrected chi connectivity index (χ3v) is 9.45. The zero-order valence-electron chi connectivity index (χ0n) is 24.8. The van der Waals surface area contributed by atoms with Gasteiger partial charge in [0, 0.05) is 27.1 Å². The van der Waals surface area contributed by atoms with E-state index in [0.717, 1.165) is 66.5 Å². The van der Waals surface area contributed by atoms with Gasteiger partial charge < -0.3 is 9.15 Å². The summed E-state index contributed by atoms with van der Waals surface area (Å²) in [6.45, 7) is 0. The predicted molar refractivity (Wildman–Crippen MR) is 191 cm³/mol. The van der Waals surface area contributed by atoms with Gasteiger partial charge in [-0.3, -0.25) is 0 Å². The fourth-order valence-electron chi connectivity index (χ4n) is 7.36. The Morgan fingerprint density at radius 1 is 0.348 bits per heavy atom. The third-order valence-electron chi connectivity index (χ3n) is 9.45. The molecule has 10 rings (SSSR count). The number of rotatable bonds is 3. The maximum Gasteiger partial charge on any atom is 0.143 e. The molecule has 1 aromatic heterocycles. The van der Waals surface area contributed by atoms with Crippen LogP contribution < -0.4 is 4.74 Å². The Labute approximate surface area is 265 Å². The summed E-state index contributed by atoms with van der Waals surface area (Å²) in [5.41, 5.74) is 11.2. The first-order chi connectivity index (χ1) is 22.8. The summed E-state index contributed by atoms with van der Waals surface area (Å²) in [5, 5.41) is 6.92. The highest BCUT2D eigenvalue weighted by Gasteiger charge is 2.22. The first-order valence-electron chi connectivity index (χ1n) is 15.7. The second kappa shape index (κ2) is 9.69. The molecule has 214 valence electrons. The Bertz CT molecular complexity index is 2660. The number of fused-ring (bicyclic) bond motifs is 7. The fourth-order valence-corrected chi connectivity index (χ4v) is 7.36. The molecular formula is C44H26O2. The minimum atomic E-state index is 0.896. The van der Waals surface area contributed by atoms with E-state index in [0.29, 0.717) is 0 Å². The van der Waals surface area contributed by atoms with Gasteiger partial charge in [-0.1, -0.05) is 115 Å². The van der Waals surface area contributed by atoms with E-state index in [9.17, 15) is 0 Å². The standard InChI is InChI=1S/C44H26O2/c1-2-10-27(11-3-1)29-24-30(32-22-23-41-43-36(32)16-8-17-37(43)35-14-6-7-18-39(35)45-41)26-31(25-29)33-15-9-19-40-42(33)38-21-20-28-12-4-5-13-34(28)44(38)46-40/h1-26H. The molecule has 0 N–H and O–H groups in total. The fraction of sp³-hybridized carbons (Fsp3) is 0. The SMILES string of the molecule is c1ccc(-c2cc(-c3ccc4c5c(cccc35)-c3ccccc3O4)cc(-c3cccc4oc5c6ccccc6ccc5c34)c2)cc1. The van der Waals surface area contributed by atoms with Gasteiger partial charge in [-0.2, -0.15) is 0 Å². The molecule has 0 radical (unpaired) electrons. The van der Waals surface area contributed by atoms with E-state index in [-0.39, 0.29) is 0 Å². The highest BCUT2D eigenvalue weighted by atomic mass is 16.5. The van der Waals surface area contributed by atoms with Gasteiger partial charge in [-0.05, 0) is 92.2 Å². The molecule has 1 aliphatic rings. The van der Waals surface area contributed by atoms with Crippen LogP contribution in [0.2, 0.25) is 0 Å². The van der Waals surface area contributed by atoms with Crippen molar-refractivity contribution in [2.45, 2.75) is 0 Å². The molecule has 0 unspecified atom stereocenters. The Hall–Kier alpha value is -6.12. The van der Waals surface area contributed by atoms with Crippen LogP contribution in [-0.2, 0) is 0 Å². The van der Waals surface area contributed by atoms with Crippen LogP contribution in [0.5, 0.6) is 11.5 Å². The molecule has 0 saturated carbocycles. The van der Waals surface area contributed by atoms with Crippen molar-refractivity contribution in [3.8, 4) is 56.0 Å². The van der Waals surface area contributed by atoms with Crippen LogP contribution in [0.15, 0.2) is 162 Å². The first-order valence-corrected chi connectivity index (χ1v) is 15.7. The average Bonchev–Trinajstić information content (AvgIpc) is 3.52. The quantitative estimate of drug-likeness (QED) is 0.205. The molecule has 1 aliphatic heterocycles. The number of para-hydroxylation sites is 1. The second-order valence-corrected chi connectivity index (χ2v) is 12.0. The maximum atomic E-state index is 6.58. The van der Waals surface area contributed by atoms with Crippen LogP contribution in [-0.4, -0.2) is 0 Å². The van der Waals surface area contributed by atoms with Crippen LogP contribution in [0.25, 0.3) is 88.0 Å². The van der Waals surface area contributed by atoms with Gasteiger partial charge in [-0.15, -0.1) is 0 Å². The Kier molecular flexibility index (Phi) is 5.31. The van der Waals surface area contributed by atoms with Crippen LogP contribution >= 0.6 is 0 Å². The smallest absolute Gasteiger partial charge is 0.143 e. The molecule has 2 nitrogen and oxygen atoms in total.